The molecule has 8 heterocycles. The number of fused-ring (bicyclic) bond motifs is 6. The molecule has 6 aromatic rings. The maximum absolute atomic E-state index is 15.1. The molecule has 5 aliphatic rings. The van der Waals surface area contributed by atoms with Crippen molar-refractivity contribution in [2.24, 2.45) is 42.4 Å². The van der Waals surface area contributed by atoms with Gasteiger partial charge < -0.3 is 117 Å². The number of methoxy groups -OCH3 is 4. The van der Waals surface area contributed by atoms with Gasteiger partial charge in [0.25, 0.3) is 11.7 Å². The van der Waals surface area contributed by atoms with E-state index in [1.807, 2.05) is 74.3 Å². The second-order valence-electron chi connectivity index (χ2n) is 37.3. The number of allylic oxidation sites excluding steroid dienone is 5. The van der Waals surface area contributed by atoms with Crippen molar-refractivity contribution < 1.29 is 128 Å². The Balaban J connectivity index is 0.501. The summed E-state index contributed by atoms with van der Waals surface area (Å²) in [6, 6.07) is 11.0. The van der Waals surface area contributed by atoms with Gasteiger partial charge in [-0.3, -0.25) is 33.3 Å². The van der Waals surface area contributed by atoms with Crippen molar-refractivity contribution in [3.63, 3.8) is 0 Å². The van der Waals surface area contributed by atoms with Crippen LogP contribution in [0.25, 0.3) is 38.8 Å². The van der Waals surface area contributed by atoms with Crippen LogP contribution in [0.3, 0.4) is 0 Å². The van der Waals surface area contributed by atoms with E-state index in [9.17, 15) is 48.9 Å². The number of carbonyl (C=O) groups excluding carboxylic acids is 6. The zero-order valence-corrected chi connectivity index (χ0v) is 84.1. The molecule has 16 atom stereocenters. The summed E-state index contributed by atoms with van der Waals surface area (Å²) in [7, 11) is 7.67. The number of nitrogens with one attached hydrogen (secondary N) is 2. The minimum atomic E-state index is -4.75. The number of amides is 3. The third kappa shape index (κ3) is 32.4. The number of aliphatic hydroxyl groups is 3. The molecule has 4 aliphatic heterocycles. The second kappa shape index (κ2) is 56.5. The highest BCUT2D eigenvalue weighted by molar-refractivity contribution is 6.39. The molecule has 3 saturated heterocycles. The Morgan fingerprint density at radius 2 is 1.27 bits per heavy atom. The van der Waals surface area contributed by atoms with Gasteiger partial charge in [0.05, 0.1) is 171 Å². The fourth-order valence-electron chi connectivity index (χ4n) is 18.7. The highest BCUT2D eigenvalue weighted by atomic mass is 19.4. The number of rotatable bonds is 41. The molecule has 2 bridgehead atoms. The highest BCUT2D eigenvalue weighted by Crippen LogP contribution is 2.42. The van der Waals surface area contributed by atoms with Gasteiger partial charge in [0.15, 0.2) is 5.78 Å². The summed E-state index contributed by atoms with van der Waals surface area (Å²) in [5.74, 6) is -7.46. The van der Waals surface area contributed by atoms with Gasteiger partial charge in [0, 0.05) is 164 Å². The van der Waals surface area contributed by atoms with Crippen molar-refractivity contribution >= 4 is 69.0 Å². The van der Waals surface area contributed by atoms with Crippen molar-refractivity contribution in [1.29, 1.82) is 0 Å². The molecular formula is C103H145F3N12O25. The number of esters is 1. The van der Waals surface area contributed by atoms with Crippen molar-refractivity contribution in [3.8, 4) is 22.7 Å². The van der Waals surface area contributed by atoms with E-state index in [-0.39, 0.29) is 114 Å². The van der Waals surface area contributed by atoms with Crippen LogP contribution in [-0.2, 0) is 110 Å². The molecular weight excluding hydrogens is 1860 g/mol. The molecule has 2 aromatic carbocycles. The topological polar surface area (TPSA) is 440 Å². The van der Waals surface area contributed by atoms with Crippen LogP contribution in [0.5, 0.6) is 5.88 Å². The fraction of sp³-hybridized carbons (Fsp3) is 0.621. The molecule has 3 amide bonds. The first-order valence-corrected chi connectivity index (χ1v) is 49.6. The number of hydrogen-bond donors (Lipinski definition) is 6. The third-order valence-electron chi connectivity index (χ3n) is 27.1. The highest BCUT2D eigenvalue weighted by Gasteiger charge is 2.54. The molecule has 7 N–H and O–H groups in total. The summed E-state index contributed by atoms with van der Waals surface area (Å²) in [5.41, 5.74) is 10.6. The van der Waals surface area contributed by atoms with E-state index < -0.39 is 131 Å². The van der Waals surface area contributed by atoms with Crippen molar-refractivity contribution in [3.05, 3.63) is 143 Å². The number of anilines is 2. The molecule has 0 spiro atoms. The number of Topliss-reactive ketones (excluding diaryl/α,β-unsaturated/α-hetero) is 2. The van der Waals surface area contributed by atoms with E-state index in [0.29, 0.717) is 195 Å². The van der Waals surface area contributed by atoms with E-state index in [4.69, 9.17) is 76.8 Å². The molecule has 4 fully saturated rings. The van der Waals surface area contributed by atoms with Crippen molar-refractivity contribution in [2.45, 2.75) is 204 Å². The van der Waals surface area contributed by atoms with E-state index >= 15 is 13.2 Å². The molecule has 0 unspecified atom stereocenters. The molecule has 11 rings (SSSR count). The Labute approximate surface area is 833 Å². The van der Waals surface area contributed by atoms with Crippen LogP contribution in [0.4, 0.5) is 29.6 Å². The van der Waals surface area contributed by atoms with Crippen LogP contribution in [0.15, 0.2) is 126 Å². The minimum Gasteiger partial charge on any atom is -0.481 e. The summed E-state index contributed by atoms with van der Waals surface area (Å²) in [4.78, 5) is 120. The lowest BCUT2D eigenvalue weighted by Gasteiger charge is -2.43. The summed E-state index contributed by atoms with van der Waals surface area (Å²) in [5, 5.41) is 41.1. The van der Waals surface area contributed by atoms with Crippen LogP contribution in [0.1, 0.15) is 136 Å². The number of piperazine rings is 1. The van der Waals surface area contributed by atoms with Gasteiger partial charge in [0.2, 0.25) is 23.5 Å². The number of hydrogen-bond acceptors (Lipinski definition) is 32. The average Bonchev–Trinajstić information content (AvgIpc) is 1.58. The Morgan fingerprint density at radius 3 is 1.89 bits per heavy atom. The lowest BCUT2D eigenvalue weighted by atomic mass is 9.80. The zero-order chi connectivity index (χ0) is 103. The monoisotopic (exact) mass is 2010 g/mol. The predicted molar refractivity (Wildman–Crippen MR) is 525 cm³/mol. The number of alkyl halides is 3. The molecule has 4 aromatic heterocycles. The molecule has 1 aliphatic carbocycles. The number of aryl methyl sites for hydroxylation is 1. The molecule has 0 radical (unpaired) electrons. The summed E-state index contributed by atoms with van der Waals surface area (Å²) < 4.78 is 134. The number of alkyl carbamates (subject to hydrolysis) is 1. The molecule has 1 saturated carbocycles. The lowest BCUT2D eigenvalue weighted by Crippen LogP contribution is -2.61. The zero-order valence-electron chi connectivity index (χ0n) is 84.1. The van der Waals surface area contributed by atoms with E-state index in [2.05, 4.69) is 30.6 Å². The van der Waals surface area contributed by atoms with Gasteiger partial charge in [0.1, 0.15) is 30.5 Å². The first-order chi connectivity index (χ1) is 68.8. The number of aliphatic hydroxyl groups excluding tert-OH is 2. The number of carbonyl (C=O) groups is 6. The Bertz CT molecular complexity index is 5250. The summed E-state index contributed by atoms with van der Waals surface area (Å²) in [6.45, 7) is 17.4. The largest absolute Gasteiger partial charge is 0.481 e. The number of ether oxygens (including phenoxy) is 15. The predicted octanol–water partition coefficient (Wildman–Crippen LogP) is 9.63. The number of nitrogens with zero attached hydrogens (tertiary/aromatic N) is 9. The minimum absolute atomic E-state index is 0.0108. The van der Waals surface area contributed by atoms with Crippen molar-refractivity contribution in [2.75, 3.05) is 183 Å². The number of nitrogens with two attached hydrogens (primary N) is 1. The number of piperidine rings is 1. The molecule has 40 heteroatoms. The van der Waals surface area contributed by atoms with E-state index in [1.165, 1.54) is 47.5 Å². The van der Waals surface area contributed by atoms with Crippen LogP contribution < -0.4 is 36.6 Å². The second-order valence-corrected chi connectivity index (χ2v) is 37.3. The van der Waals surface area contributed by atoms with Gasteiger partial charge in [-0.15, -0.1) is 0 Å². The van der Waals surface area contributed by atoms with Gasteiger partial charge >= 0.3 is 23.9 Å². The van der Waals surface area contributed by atoms with Crippen LogP contribution in [-0.4, -0.2) is 325 Å². The number of benzene rings is 2. The number of cyclic esters (lactones) is 1. The third-order valence-corrected chi connectivity index (χ3v) is 27.1. The van der Waals surface area contributed by atoms with Gasteiger partial charge in [-0.1, -0.05) is 70.2 Å². The van der Waals surface area contributed by atoms with E-state index in [1.54, 1.807) is 82.8 Å². The Morgan fingerprint density at radius 1 is 0.629 bits per heavy atom. The lowest BCUT2D eigenvalue weighted by molar-refractivity contribution is -0.265. The maximum atomic E-state index is 15.1. The van der Waals surface area contributed by atoms with Gasteiger partial charge in [-0.05, 0) is 143 Å². The molecule has 37 nitrogen and oxygen atoms in total. The number of aromatic nitrogens is 6. The summed E-state index contributed by atoms with van der Waals surface area (Å²) in [6.07, 6.45) is 9.44. The quantitative estimate of drug-likeness (QED) is 0.00899. The average molecular weight is 2010 g/mol. The van der Waals surface area contributed by atoms with Crippen molar-refractivity contribution in [1.82, 2.24) is 44.6 Å². The normalized spacial score (nSPS) is 26.0. The maximum Gasteiger partial charge on any atom is 0.418 e. The van der Waals surface area contributed by atoms with E-state index in [0.717, 1.165) is 22.8 Å². The molecule has 143 heavy (non-hydrogen) atoms. The standard InChI is InChI=1S/C103H145F3N12O25/c1-66-17-13-12-14-18-67(2)86(129-8)59-77-25-20-71(6)102(128,143-77)96(123)97(124)117-32-16-15-19-83(117)98(125)141-88(60-87(130-9)68(3)54-70(5)94(121)95(122)93(120)69(4)53-66)80(107)55-72-21-28-85(89(56-72)131-10)142-100(126)108-31-38-134-40-42-136-44-46-138-48-50-140-52-51-139-49-47-137-45-43-135-41-39-133-37-30-90(119)110-61-73-62-112-99(113-63-73)116-35-33-115(34-36-116)82-27-24-76(58-79(82)103(104,105)106)118-92-78-57-74(75-23-29-91(132-11)111-64-75)22-26-81(78)109-65-84(92)114(7)101(118)127/h12-14,17-18,22-24,26-27,29,54,57-58,62-66,68-69,71-72,77,80,83,85-89,94-95,121-122,128H,15-16,19-21,25,28,30-53,55-56,59-61,107H2,1-11H3,(H,108,126)(H,110,119)/b14-12+,17-13+,67-18+,70-54+/t66-,68-,69-,71-,72+,77+,80-,83+,85-,86+,87-,88+,89-,94-,95+,102-/m1/s1. The number of pyridine rings is 2. The van der Waals surface area contributed by atoms with Crippen LogP contribution in [0.2, 0.25) is 0 Å². The van der Waals surface area contributed by atoms with Gasteiger partial charge in [-0.2, -0.15) is 13.2 Å². The first kappa shape index (κ1) is 113. The SMILES string of the molecule is COc1ccc(-c2ccc3ncc4c(c3c2)n(-c2ccc(N3CCN(c5ncc(CNC(=O)CCOCCOCCOCCOCCOCCOCCOCCOCCNC(=O)O[C@@H]6CC[C@@H](C[C@@H](N)[C@@H]7C[C@@H](OC)[C@H](C)/C=C(\C)[C@@H](O)[C@@H](O)C(=O)[C@H](C)C[C@H](C)/C=C/C=C/C=C(\C)[C@@H](OC)C[C@@H]8CC[C@@H](C)[C@@](O)(O8)C(=O)C(=O)N8CCCC[C@H]8C(=O)O7)C[C@H]6OC)cn5)CC3)c(C(F)(F)F)c2)c(=O)n4C)cn1. The number of halogens is 3. The first-order valence-electron chi connectivity index (χ1n) is 49.6. The Kier molecular flexibility index (Phi) is 44.8. The number of ketones is 2. The smallest absolute Gasteiger partial charge is 0.418 e. The van der Waals surface area contributed by atoms with Gasteiger partial charge in [-0.25, -0.2) is 29.3 Å². The van der Waals surface area contributed by atoms with Crippen LogP contribution in [0, 0.1) is 29.6 Å². The van der Waals surface area contributed by atoms with Crippen LogP contribution >= 0.6 is 0 Å². The Hall–Kier alpha value is -10.1. The number of imidazole rings is 1. The summed E-state index contributed by atoms with van der Waals surface area (Å²) >= 11 is 0. The molecule has 788 valence electrons. The fourth-order valence-corrected chi connectivity index (χ4v) is 18.7.